The van der Waals surface area contributed by atoms with E-state index < -0.39 is 0 Å². The third kappa shape index (κ3) is 2.63. The maximum absolute atomic E-state index is 5.75. The van der Waals surface area contributed by atoms with Gasteiger partial charge in [0.25, 0.3) is 0 Å². The second-order valence-electron chi connectivity index (χ2n) is 2.74. The minimum atomic E-state index is -0.247. The topological polar surface area (TPSA) is 52.0 Å². The Morgan fingerprint density at radius 3 is 2.00 bits per heavy atom. The number of hydrogen-bond acceptors (Lipinski definition) is 2. The highest BCUT2D eigenvalue weighted by Crippen LogP contribution is 2.09. The van der Waals surface area contributed by atoms with Crippen LogP contribution in [-0.4, -0.2) is 12.1 Å². The van der Waals surface area contributed by atoms with Crippen LogP contribution in [0.4, 0.5) is 0 Å². The molecule has 0 heterocycles. The summed E-state index contributed by atoms with van der Waals surface area (Å²) < 4.78 is 0. The van der Waals surface area contributed by atoms with E-state index in [9.17, 15) is 0 Å². The minimum Gasteiger partial charge on any atom is -0.327 e. The summed E-state index contributed by atoms with van der Waals surface area (Å²) in [6.45, 7) is 6.42. The highest BCUT2D eigenvalue weighted by molar-refractivity contribution is 5.16. The van der Waals surface area contributed by atoms with Crippen molar-refractivity contribution < 1.29 is 0 Å². The predicted octanol–water partition coefficient (Wildman–Crippen LogP) is 0.629. The van der Waals surface area contributed by atoms with Gasteiger partial charge in [0.15, 0.2) is 0 Å². The maximum atomic E-state index is 5.75. The third-order valence-electron chi connectivity index (χ3n) is 1.40. The smallest absolute Gasteiger partial charge is 0.0323 e. The van der Waals surface area contributed by atoms with E-state index in [1.54, 1.807) is 0 Å². The SMILES string of the molecule is C/C=C(\CN)C(C)(C)N. The molecule has 0 aliphatic rings. The molecular formula is C7H16N2. The van der Waals surface area contributed by atoms with Crippen LogP contribution in [0.5, 0.6) is 0 Å². The lowest BCUT2D eigenvalue weighted by atomic mass is 9.95. The lowest BCUT2D eigenvalue weighted by Gasteiger charge is -2.21. The number of rotatable bonds is 2. The Bertz CT molecular complexity index is 109. The van der Waals surface area contributed by atoms with Crippen LogP contribution in [0, 0.1) is 0 Å². The third-order valence-corrected chi connectivity index (χ3v) is 1.40. The molecule has 0 spiro atoms. The molecule has 0 amide bonds. The first-order valence-corrected chi connectivity index (χ1v) is 3.17. The van der Waals surface area contributed by atoms with Crippen LogP contribution < -0.4 is 11.5 Å². The van der Waals surface area contributed by atoms with Crippen LogP contribution in [-0.2, 0) is 0 Å². The zero-order chi connectivity index (χ0) is 7.49. The number of allylic oxidation sites excluding steroid dienone is 1. The maximum Gasteiger partial charge on any atom is 0.0323 e. The van der Waals surface area contributed by atoms with E-state index in [0.29, 0.717) is 6.54 Å². The van der Waals surface area contributed by atoms with Gasteiger partial charge in [-0.15, -0.1) is 0 Å². The van der Waals surface area contributed by atoms with Gasteiger partial charge in [-0.1, -0.05) is 6.08 Å². The first kappa shape index (κ1) is 8.66. The van der Waals surface area contributed by atoms with Crippen molar-refractivity contribution in [3.8, 4) is 0 Å². The fourth-order valence-electron chi connectivity index (χ4n) is 0.753. The summed E-state index contributed by atoms with van der Waals surface area (Å²) in [5.41, 5.74) is 12.0. The van der Waals surface area contributed by atoms with E-state index in [1.165, 1.54) is 0 Å². The van der Waals surface area contributed by atoms with Crippen molar-refractivity contribution >= 4 is 0 Å². The molecule has 0 aromatic carbocycles. The monoisotopic (exact) mass is 128 g/mol. The van der Waals surface area contributed by atoms with Crippen molar-refractivity contribution in [3.63, 3.8) is 0 Å². The minimum absolute atomic E-state index is 0.247. The second-order valence-corrected chi connectivity index (χ2v) is 2.74. The zero-order valence-corrected chi connectivity index (χ0v) is 6.44. The molecular weight excluding hydrogens is 112 g/mol. The van der Waals surface area contributed by atoms with Gasteiger partial charge in [-0.3, -0.25) is 0 Å². The Balaban J connectivity index is 4.14. The number of hydrogen-bond donors (Lipinski definition) is 2. The van der Waals surface area contributed by atoms with Gasteiger partial charge >= 0.3 is 0 Å². The van der Waals surface area contributed by atoms with Crippen molar-refractivity contribution in [3.05, 3.63) is 11.6 Å². The van der Waals surface area contributed by atoms with Gasteiger partial charge in [-0.2, -0.15) is 0 Å². The molecule has 0 atom stereocenters. The molecule has 4 N–H and O–H groups in total. The molecule has 0 unspecified atom stereocenters. The van der Waals surface area contributed by atoms with Crippen molar-refractivity contribution in [2.24, 2.45) is 11.5 Å². The van der Waals surface area contributed by atoms with Gasteiger partial charge in [0.2, 0.25) is 0 Å². The molecule has 0 aromatic rings. The van der Waals surface area contributed by atoms with Gasteiger partial charge in [-0.25, -0.2) is 0 Å². The van der Waals surface area contributed by atoms with E-state index >= 15 is 0 Å². The Morgan fingerprint density at radius 1 is 1.56 bits per heavy atom. The molecule has 0 radical (unpaired) electrons. The fraction of sp³-hybridized carbons (Fsp3) is 0.714. The number of nitrogens with two attached hydrogens (primary N) is 2. The van der Waals surface area contributed by atoms with E-state index in [-0.39, 0.29) is 5.54 Å². The van der Waals surface area contributed by atoms with Crippen LogP contribution in [0.2, 0.25) is 0 Å². The Morgan fingerprint density at radius 2 is 2.00 bits per heavy atom. The van der Waals surface area contributed by atoms with Gasteiger partial charge < -0.3 is 11.5 Å². The Kier molecular flexibility index (Phi) is 2.88. The van der Waals surface area contributed by atoms with Crippen LogP contribution in [0.1, 0.15) is 20.8 Å². The summed E-state index contributed by atoms with van der Waals surface area (Å²) in [7, 11) is 0. The van der Waals surface area contributed by atoms with Crippen LogP contribution in [0.15, 0.2) is 11.6 Å². The van der Waals surface area contributed by atoms with Crippen molar-refractivity contribution in [2.75, 3.05) is 6.54 Å². The second kappa shape index (κ2) is 2.99. The molecule has 0 bridgehead atoms. The molecule has 0 aromatic heterocycles. The van der Waals surface area contributed by atoms with E-state index in [1.807, 2.05) is 26.8 Å². The van der Waals surface area contributed by atoms with Crippen molar-refractivity contribution in [2.45, 2.75) is 26.3 Å². The molecule has 0 fully saturated rings. The largest absolute Gasteiger partial charge is 0.327 e. The van der Waals surface area contributed by atoms with Gasteiger partial charge in [0, 0.05) is 12.1 Å². The average molecular weight is 128 g/mol. The summed E-state index contributed by atoms with van der Waals surface area (Å²) in [5, 5.41) is 0. The quantitative estimate of drug-likeness (QED) is 0.536. The fourth-order valence-corrected chi connectivity index (χ4v) is 0.753. The lowest BCUT2D eigenvalue weighted by Crippen LogP contribution is -2.37. The van der Waals surface area contributed by atoms with Gasteiger partial charge in [0.1, 0.15) is 0 Å². The summed E-state index contributed by atoms with van der Waals surface area (Å²) in [5.74, 6) is 0. The standard InChI is InChI=1S/C7H16N2/c1-4-6(5-8)7(2,3)9/h4H,5,8-9H2,1-3H3/b6-4+. The first-order valence-electron chi connectivity index (χ1n) is 3.17. The average Bonchev–Trinajstić information content (AvgIpc) is 1.65. The lowest BCUT2D eigenvalue weighted by molar-refractivity contribution is 0.598. The summed E-state index contributed by atoms with van der Waals surface area (Å²) in [6.07, 6.45) is 1.97. The molecule has 0 rings (SSSR count). The van der Waals surface area contributed by atoms with Crippen LogP contribution in [0.25, 0.3) is 0 Å². The summed E-state index contributed by atoms with van der Waals surface area (Å²) >= 11 is 0. The van der Waals surface area contributed by atoms with Gasteiger partial charge in [-0.05, 0) is 26.3 Å². The molecule has 2 nitrogen and oxygen atoms in total. The molecule has 0 aliphatic carbocycles. The summed E-state index contributed by atoms with van der Waals surface area (Å²) in [6, 6.07) is 0. The van der Waals surface area contributed by atoms with Crippen LogP contribution in [0.3, 0.4) is 0 Å². The molecule has 54 valence electrons. The highest BCUT2D eigenvalue weighted by atomic mass is 14.7. The van der Waals surface area contributed by atoms with E-state index in [4.69, 9.17) is 11.5 Å². The van der Waals surface area contributed by atoms with Crippen molar-refractivity contribution in [1.82, 2.24) is 0 Å². The molecule has 9 heavy (non-hydrogen) atoms. The first-order chi connectivity index (χ1) is 4.02. The highest BCUT2D eigenvalue weighted by Gasteiger charge is 2.13. The zero-order valence-electron chi connectivity index (χ0n) is 6.44. The molecule has 2 heteroatoms. The Hall–Kier alpha value is -0.340. The molecule has 0 saturated heterocycles. The molecule has 0 saturated carbocycles. The van der Waals surface area contributed by atoms with E-state index in [2.05, 4.69) is 0 Å². The van der Waals surface area contributed by atoms with Crippen molar-refractivity contribution in [1.29, 1.82) is 0 Å². The van der Waals surface area contributed by atoms with Crippen LogP contribution >= 0.6 is 0 Å². The van der Waals surface area contributed by atoms with Gasteiger partial charge in [0.05, 0.1) is 0 Å². The predicted molar refractivity (Wildman–Crippen MR) is 41.1 cm³/mol. The molecule has 0 aliphatic heterocycles. The van der Waals surface area contributed by atoms with E-state index in [0.717, 1.165) is 5.57 Å². The summed E-state index contributed by atoms with van der Waals surface area (Å²) in [4.78, 5) is 0. The normalized spacial score (nSPS) is 14.1. The Labute approximate surface area is 56.9 Å².